The number of hydrogen-bond donors (Lipinski definition) is 0. The fourth-order valence-electron chi connectivity index (χ4n) is 3.05. The van der Waals surface area contributed by atoms with E-state index in [9.17, 15) is 0 Å². The number of likely N-dealkylation sites (tertiary alicyclic amines) is 1. The summed E-state index contributed by atoms with van der Waals surface area (Å²) in [5.41, 5.74) is 0. The lowest BCUT2D eigenvalue weighted by atomic mass is 10.0. The van der Waals surface area contributed by atoms with E-state index in [1.165, 1.54) is 45.2 Å². The van der Waals surface area contributed by atoms with Crippen molar-refractivity contribution in [1.29, 1.82) is 0 Å². The van der Waals surface area contributed by atoms with Gasteiger partial charge in [-0.25, -0.2) is 0 Å². The van der Waals surface area contributed by atoms with Crippen molar-refractivity contribution in [3.63, 3.8) is 0 Å². The van der Waals surface area contributed by atoms with Gasteiger partial charge in [-0.05, 0) is 50.5 Å². The normalized spacial score (nSPS) is 31.7. The zero-order chi connectivity index (χ0) is 11.4. The van der Waals surface area contributed by atoms with Gasteiger partial charge in [-0.3, -0.25) is 0 Å². The molecule has 2 heteroatoms. The lowest BCUT2D eigenvalue weighted by Crippen LogP contribution is -2.34. The largest absolute Gasteiger partial charge is 0.381 e. The van der Waals surface area contributed by atoms with Crippen molar-refractivity contribution in [3.8, 4) is 0 Å². The van der Waals surface area contributed by atoms with E-state index in [1.54, 1.807) is 0 Å². The van der Waals surface area contributed by atoms with E-state index in [4.69, 9.17) is 4.74 Å². The van der Waals surface area contributed by atoms with E-state index in [0.717, 1.165) is 31.1 Å². The third kappa shape index (κ3) is 3.46. The highest BCUT2D eigenvalue weighted by Crippen LogP contribution is 2.25. The van der Waals surface area contributed by atoms with Crippen molar-refractivity contribution in [2.24, 2.45) is 11.8 Å². The molecule has 2 rings (SSSR count). The smallest absolute Gasteiger partial charge is 0.0507 e. The molecule has 0 spiro atoms. The zero-order valence-electron chi connectivity index (χ0n) is 11.0. The van der Waals surface area contributed by atoms with Gasteiger partial charge >= 0.3 is 0 Å². The average Bonchev–Trinajstić information content (AvgIpc) is 2.87. The van der Waals surface area contributed by atoms with Crippen LogP contribution in [0.5, 0.6) is 0 Å². The van der Waals surface area contributed by atoms with Gasteiger partial charge in [0.2, 0.25) is 0 Å². The van der Waals surface area contributed by atoms with Crippen LogP contribution in [-0.4, -0.2) is 37.2 Å². The Morgan fingerprint density at radius 1 is 1.31 bits per heavy atom. The minimum atomic E-state index is 0.819. The summed E-state index contributed by atoms with van der Waals surface area (Å²) in [5.74, 6) is 1.68. The van der Waals surface area contributed by atoms with Crippen LogP contribution in [0, 0.1) is 11.8 Å². The average molecular weight is 225 g/mol. The molecule has 0 radical (unpaired) electrons. The van der Waals surface area contributed by atoms with Crippen LogP contribution in [0.3, 0.4) is 0 Å². The third-order valence-electron chi connectivity index (χ3n) is 4.09. The monoisotopic (exact) mass is 225 g/mol. The van der Waals surface area contributed by atoms with E-state index in [2.05, 4.69) is 18.7 Å². The van der Waals surface area contributed by atoms with Crippen LogP contribution in [0.15, 0.2) is 0 Å². The predicted octanol–water partition coefficient (Wildman–Crippen LogP) is 2.92. The van der Waals surface area contributed by atoms with E-state index in [-0.39, 0.29) is 0 Å². The molecule has 2 heterocycles. The second-order valence-corrected chi connectivity index (χ2v) is 5.99. The van der Waals surface area contributed by atoms with Gasteiger partial charge in [-0.1, -0.05) is 13.8 Å². The SMILES string of the molecule is CC(C)CCC1CCCN1CC1CCOC1. The highest BCUT2D eigenvalue weighted by molar-refractivity contribution is 4.82. The molecule has 0 aromatic carbocycles. The van der Waals surface area contributed by atoms with Crippen LogP contribution in [0.25, 0.3) is 0 Å². The third-order valence-corrected chi connectivity index (χ3v) is 4.09. The molecule has 2 unspecified atom stereocenters. The molecule has 0 saturated carbocycles. The molecule has 0 N–H and O–H groups in total. The van der Waals surface area contributed by atoms with Crippen molar-refractivity contribution in [3.05, 3.63) is 0 Å². The second-order valence-electron chi connectivity index (χ2n) is 5.99. The number of nitrogens with zero attached hydrogens (tertiary/aromatic N) is 1. The topological polar surface area (TPSA) is 12.5 Å². The van der Waals surface area contributed by atoms with Gasteiger partial charge in [-0.2, -0.15) is 0 Å². The zero-order valence-corrected chi connectivity index (χ0v) is 11.0. The Balaban J connectivity index is 1.73. The van der Waals surface area contributed by atoms with Crippen molar-refractivity contribution in [1.82, 2.24) is 4.90 Å². The van der Waals surface area contributed by atoms with Gasteiger partial charge < -0.3 is 9.64 Å². The molecule has 0 amide bonds. The van der Waals surface area contributed by atoms with Crippen molar-refractivity contribution in [2.45, 2.75) is 52.0 Å². The quantitative estimate of drug-likeness (QED) is 0.713. The molecule has 2 fully saturated rings. The first-order valence-electron chi connectivity index (χ1n) is 7.07. The van der Waals surface area contributed by atoms with Crippen molar-refractivity contribution in [2.75, 3.05) is 26.3 Å². The molecule has 0 bridgehead atoms. The summed E-state index contributed by atoms with van der Waals surface area (Å²) in [7, 11) is 0. The van der Waals surface area contributed by atoms with Gasteiger partial charge in [-0.15, -0.1) is 0 Å². The first-order valence-corrected chi connectivity index (χ1v) is 7.07. The predicted molar refractivity (Wildman–Crippen MR) is 67.6 cm³/mol. The van der Waals surface area contributed by atoms with Crippen molar-refractivity contribution < 1.29 is 4.74 Å². The Kier molecular flexibility index (Phi) is 4.66. The molecule has 2 nitrogen and oxygen atoms in total. The number of ether oxygens (including phenoxy) is 1. The Morgan fingerprint density at radius 3 is 2.88 bits per heavy atom. The molecule has 94 valence electrons. The lowest BCUT2D eigenvalue weighted by molar-refractivity contribution is 0.158. The summed E-state index contributed by atoms with van der Waals surface area (Å²) >= 11 is 0. The second kappa shape index (κ2) is 6.02. The Morgan fingerprint density at radius 2 is 2.19 bits per heavy atom. The maximum absolute atomic E-state index is 5.47. The minimum Gasteiger partial charge on any atom is -0.381 e. The molecule has 16 heavy (non-hydrogen) atoms. The van der Waals surface area contributed by atoms with Gasteiger partial charge in [0.1, 0.15) is 0 Å². The molecule has 0 aliphatic carbocycles. The first-order chi connectivity index (χ1) is 7.75. The van der Waals surface area contributed by atoms with Gasteiger partial charge in [0.25, 0.3) is 0 Å². The molecule has 0 aromatic rings. The minimum absolute atomic E-state index is 0.819. The maximum atomic E-state index is 5.47. The molecule has 2 atom stereocenters. The summed E-state index contributed by atoms with van der Waals surface area (Å²) in [6.45, 7) is 9.30. The number of hydrogen-bond acceptors (Lipinski definition) is 2. The van der Waals surface area contributed by atoms with E-state index in [0.29, 0.717) is 0 Å². The molecule has 2 aliphatic rings. The van der Waals surface area contributed by atoms with Gasteiger partial charge in [0.15, 0.2) is 0 Å². The number of rotatable bonds is 5. The molecular formula is C14H27NO. The molecular weight excluding hydrogens is 198 g/mol. The summed E-state index contributed by atoms with van der Waals surface area (Å²) < 4.78 is 5.47. The maximum Gasteiger partial charge on any atom is 0.0507 e. The Hall–Kier alpha value is -0.0800. The molecule has 0 aromatic heterocycles. The van der Waals surface area contributed by atoms with Crippen LogP contribution >= 0.6 is 0 Å². The van der Waals surface area contributed by atoms with Gasteiger partial charge in [0, 0.05) is 19.2 Å². The summed E-state index contributed by atoms with van der Waals surface area (Å²) in [6, 6.07) is 0.878. The van der Waals surface area contributed by atoms with E-state index in [1.807, 2.05) is 0 Å². The molecule has 2 saturated heterocycles. The molecule has 2 aliphatic heterocycles. The first kappa shape index (κ1) is 12.4. The van der Waals surface area contributed by atoms with Crippen LogP contribution in [-0.2, 0) is 4.74 Å². The summed E-state index contributed by atoms with van der Waals surface area (Å²) in [5, 5.41) is 0. The highest BCUT2D eigenvalue weighted by Gasteiger charge is 2.27. The standard InChI is InChI=1S/C14H27NO/c1-12(2)5-6-14-4-3-8-15(14)10-13-7-9-16-11-13/h12-14H,3-11H2,1-2H3. The summed E-state index contributed by atoms with van der Waals surface area (Å²) in [6.07, 6.45) is 6.93. The highest BCUT2D eigenvalue weighted by atomic mass is 16.5. The lowest BCUT2D eigenvalue weighted by Gasteiger charge is -2.27. The summed E-state index contributed by atoms with van der Waals surface area (Å²) in [4.78, 5) is 2.74. The fraction of sp³-hybridized carbons (Fsp3) is 1.00. The van der Waals surface area contributed by atoms with Crippen LogP contribution in [0.4, 0.5) is 0 Å². The fourth-order valence-corrected chi connectivity index (χ4v) is 3.05. The van der Waals surface area contributed by atoms with Crippen LogP contribution < -0.4 is 0 Å². The van der Waals surface area contributed by atoms with Gasteiger partial charge in [0.05, 0.1) is 6.61 Å². The Labute approximate surface area is 100 Å². The van der Waals surface area contributed by atoms with Crippen LogP contribution in [0.1, 0.15) is 46.0 Å². The van der Waals surface area contributed by atoms with Crippen LogP contribution in [0.2, 0.25) is 0 Å². The Bertz CT molecular complexity index is 199. The van der Waals surface area contributed by atoms with E-state index < -0.39 is 0 Å². The van der Waals surface area contributed by atoms with Crippen molar-refractivity contribution >= 4 is 0 Å². The van der Waals surface area contributed by atoms with E-state index >= 15 is 0 Å².